The van der Waals surface area contributed by atoms with Crippen LogP contribution < -0.4 is 5.32 Å². The molecule has 3 amide bonds. The van der Waals surface area contributed by atoms with E-state index in [9.17, 15) is 14.4 Å². The Hall–Kier alpha value is -2.21. The van der Waals surface area contributed by atoms with Gasteiger partial charge in [0.25, 0.3) is 0 Å². The molecule has 1 saturated carbocycles. The van der Waals surface area contributed by atoms with E-state index in [1.54, 1.807) is 0 Å². The SMILES string of the molecule is CC1CCN(Cc2ccc(CNC(=O)CN3C(=O)C4CCCCC4C3=O)cc2)CC1. The Morgan fingerprint density at radius 2 is 1.50 bits per heavy atom. The number of rotatable bonds is 6. The summed E-state index contributed by atoms with van der Waals surface area (Å²) in [5.74, 6) is -0.152. The van der Waals surface area contributed by atoms with Gasteiger partial charge in [-0.15, -0.1) is 0 Å². The Labute approximate surface area is 179 Å². The molecular weight excluding hydrogens is 378 g/mol. The Balaban J connectivity index is 1.24. The molecule has 1 N–H and O–H groups in total. The van der Waals surface area contributed by atoms with E-state index < -0.39 is 0 Å². The molecule has 3 fully saturated rings. The molecule has 162 valence electrons. The van der Waals surface area contributed by atoms with E-state index in [0.717, 1.165) is 56.8 Å². The fourth-order valence-corrected chi connectivity index (χ4v) is 5.03. The van der Waals surface area contributed by atoms with E-state index in [2.05, 4.69) is 29.3 Å². The molecule has 0 spiro atoms. The van der Waals surface area contributed by atoms with Crippen molar-refractivity contribution in [3.63, 3.8) is 0 Å². The number of amides is 3. The summed E-state index contributed by atoms with van der Waals surface area (Å²) in [4.78, 5) is 41.0. The summed E-state index contributed by atoms with van der Waals surface area (Å²) < 4.78 is 0. The van der Waals surface area contributed by atoms with Crippen molar-refractivity contribution in [3.8, 4) is 0 Å². The standard InChI is InChI=1S/C24H33N3O3/c1-17-10-12-26(13-11-17)15-19-8-6-18(7-9-19)14-25-22(28)16-27-23(29)20-4-2-3-5-21(20)24(27)30/h6-9,17,20-21H,2-5,10-16H2,1H3,(H,25,28). The van der Waals surface area contributed by atoms with Gasteiger partial charge < -0.3 is 5.32 Å². The Morgan fingerprint density at radius 1 is 0.933 bits per heavy atom. The van der Waals surface area contributed by atoms with Gasteiger partial charge in [-0.3, -0.25) is 24.2 Å². The number of benzene rings is 1. The van der Waals surface area contributed by atoms with Gasteiger partial charge in [0.2, 0.25) is 17.7 Å². The third-order valence-corrected chi connectivity index (χ3v) is 7.03. The average molecular weight is 412 g/mol. The van der Waals surface area contributed by atoms with Crippen LogP contribution in [0.3, 0.4) is 0 Å². The molecule has 2 aliphatic heterocycles. The highest BCUT2D eigenvalue weighted by atomic mass is 16.2. The van der Waals surface area contributed by atoms with E-state index >= 15 is 0 Å². The molecule has 3 aliphatic rings. The first-order valence-electron chi connectivity index (χ1n) is 11.4. The van der Waals surface area contributed by atoms with Gasteiger partial charge in [-0.1, -0.05) is 44.0 Å². The molecule has 2 heterocycles. The number of carbonyl (C=O) groups excluding carboxylic acids is 3. The second-order valence-electron chi connectivity index (χ2n) is 9.31. The van der Waals surface area contributed by atoms with E-state index in [1.165, 1.54) is 23.3 Å². The van der Waals surface area contributed by atoms with Crippen molar-refractivity contribution >= 4 is 17.7 Å². The number of hydrogen-bond donors (Lipinski definition) is 1. The number of nitrogens with one attached hydrogen (secondary N) is 1. The number of piperidine rings is 1. The van der Waals surface area contributed by atoms with Crippen LogP contribution in [0, 0.1) is 17.8 Å². The summed E-state index contributed by atoms with van der Waals surface area (Å²) in [5, 5.41) is 2.86. The minimum Gasteiger partial charge on any atom is -0.350 e. The van der Waals surface area contributed by atoms with Crippen molar-refractivity contribution in [1.29, 1.82) is 0 Å². The normalized spacial score (nSPS) is 25.4. The molecular formula is C24H33N3O3. The molecule has 1 aromatic rings. The molecule has 0 bridgehead atoms. The zero-order chi connectivity index (χ0) is 21.1. The molecule has 1 aliphatic carbocycles. The van der Waals surface area contributed by atoms with Crippen molar-refractivity contribution in [1.82, 2.24) is 15.1 Å². The maximum Gasteiger partial charge on any atom is 0.240 e. The van der Waals surface area contributed by atoms with E-state index in [1.807, 2.05) is 12.1 Å². The van der Waals surface area contributed by atoms with E-state index in [0.29, 0.717) is 6.54 Å². The first-order valence-corrected chi connectivity index (χ1v) is 11.4. The fourth-order valence-electron chi connectivity index (χ4n) is 5.03. The van der Waals surface area contributed by atoms with Crippen LogP contribution in [0.2, 0.25) is 0 Å². The van der Waals surface area contributed by atoms with Crippen molar-refractivity contribution in [2.24, 2.45) is 17.8 Å². The molecule has 30 heavy (non-hydrogen) atoms. The largest absolute Gasteiger partial charge is 0.350 e. The smallest absolute Gasteiger partial charge is 0.240 e. The molecule has 6 nitrogen and oxygen atoms in total. The number of likely N-dealkylation sites (tertiary alicyclic amines) is 2. The summed E-state index contributed by atoms with van der Waals surface area (Å²) >= 11 is 0. The van der Waals surface area contributed by atoms with Crippen LogP contribution in [0.5, 0.6) is 0 Å². The Kier molecular flexibility index (Phi) is 6.52. The molecule has 0 radical (unpaired) electrons. The van der Waals surface area contributed by atoms with Crippen LogP contribution in [0.1, 0.15) is 56.6 Å². The summed E-state index contributed by atoms with van der Waals surface area (Å²) in [6.45, 7) is 5.87. The first-order chi connectivity index (χ1) is 14.5. The zero-order valence-corrected chi connectivity index (χ0v) is 17.9. The molecule has 6 heteroatoms. The summed E-state index contributed by atoms with van der Waals surface area (Å²) in [6, 6.07) is 8.33. The topological polar surface area (TPSA) is 69.7 Å². The van der Waals surface area contributed by atoms with Crippen LogP contribution >= 0.6 is 0 Å². The number of hydrogen-bond acceptors (Lipinski definition) is 4. The van der Waals surface area contributed by atoms with Gasteiger partial charge in [-0.2, -0.15) is 0 Å². The van der Waals surface area contributed by atoms with Crippen LogP contribution in [0.15, 0.2) is 24.3 Å². The number of fused-ring (bicyclic) bond motifs is 1. The van der Waals surface area contributed by atoms with Gasteiger partial charge >= 0.3 is 0 Å². The molecule has 2 atom stereocenters. The maximum atomic E-state index is 12.5. The minimum absolute atomic E-state index is 0.156. The first kappa shape index (κ1) is 21.0. The third kappa shape index (κ3) is 4.75. The number of carbonyl (C=O) groups is 3. The lowest BCUT2D eigenvalue weighted by atomic mass is 9.81. The predicted molar refractivity (Wildman–Crippen MR) is 114 cm³/mol. The van der Waals surface area contributed by atoms with Gasteiger partial charge in [-0.05, 0) is 55.8 Å². The fraction of sp³-hybridized carbons (Fsp3) is 0.625. The quantitative estimate of drug-likeness (QED) is 0.731. The molecule has 0 aromatic heterocycles. The summed E-state index contributed by atoms with van der Waals surface area (Å²) in [5.41, 5.74) is 2.31. The van der Waals surface area contributed by atoms with Crippen LogP contribution in [0.25, 0.3) is 0 Å². The van der Waals surface area contributed by atoms with E-state index in [4.69, 9.17) is 0 Å². The van der Waals surface area contributed by atoms with Gasteiger partial charge in [0, 0.05) is 13.1 Å². The van der Waals surface area contributed by atoms with Crippen molar-refractivity contribution < 1.29 is 14.4 Å². The second kappa shape index (κ2) is 9.29. The second-order valence-corrected chi connectivity index (χ2v) is 9.31. The molecule has 4 rings (SSSR count). The molecule has 2 unspecified atom stereocenters. The maximum absolute atomic E-state index is 12.5. The monoisotopic (exact) mass is 411 g/mol. The number of imide groups is 1. The van der Waals surface area contributed by atoms with Gasteiger partial charge in [-0.25, -0.2) is 0 Å². The van der Waals surface area contributed by atoms with Gasteiger partial charge in [0.15, 0.2) is 0 Å². The highest BCUT2D eigenvalue weighted by Gasteiger charge is 2.48. The van der Waals surface area contributed by atoms with Crippen molar-refractivity contribution in [2.45, 2.75) is 58.5 Å². The van der Waals surface area contributed by atoms with Gasteiger partial charge in [0.1, 0.15) is 6.54 Å². The van der Waals surface area contributed by atoms with Crippen LogP contribution in [0.4, 0.5) is 0 Å². The highest BCUT2D eigenvalue weighted by molar-refractivity contribution is 6.07. The summed E-state index contributed by atoms with van der Waals surface area (Å²) in [7, 11) is 0. The highest BCUT2D eigenvalue weighted by Crippen LogP contribution is 2.37. The molecule has 2 saturated heterocycles. The van der Waals surface area contributed by atoms with Crippen molar-refractivity contribution in [3.05, 3.63) is 35.4 Å². The lowest BCUT2D eigenvalue weighted by Gasteiger charge is -2.30. The molecule has 1 aromatic carbocycles. The Bertz CT molecular complexity index is 759. The minimum atomic E-state index is -0.276. The zero-order valence-electron chi connectivity index (χ0n) is 17.9. The number of nitrogens with zero attached hydrogens (tertiary/aromatic N) is 2. The lowest BCUT2D eigenvalue weighted by Crippen LogP contribution is -2.40. The third-order valence-electron chi connectivity index (χ3n) is 7.03. The van der Waals surface area contributed by atoms with E-state index in [-0.39, 0.29) is 36.1 Å². The van der Waals surface area contributed by atoms with Crippen molar-refractivity contribution in [2.75, 3.05) is 19.6 Å². The van der Waals surface area contributed by atoms with Crippen LogP contribution in [-0.2, 0) is 27.5 Å². The Morgan fingerprint density at radius 3 is 2.10 bits per heavy atom. The van der Waals surface area contributed by atoms with Crippen LogP contribution in [-0.4, -0.2) is 47.2 Å². The summed E-state index contributed by atoms with van der Waals surface area (Å²) in [6.07, 6.45) is 6.08. The average Bonchev–Trinajstić information content (AvgIpc) is 3.00. The predicted octanol–water partition coefficient (Wildman–Crippen LogP) is 2.71. The lowest BCUT2D eigenvalue weighted by molar-refractivity contribution is -0.143. The van der Waals surface area contributed by atoms with Gasteiger partial charge in [0.05, 0.1) is 11.8 Å².